The van der Waals surface area contributed by atoms with E-state index in [0.717, 1.165) is 12.8 Å². The summed E-state index contributed by atoms with van der Waals surface area (Å²) in [5.74, 6) is 0. The lowest BCUT2D eigenvalue weighted by atomic mass is 10.5. The highest BCUT2D eigenvalue weighted by molar-refractivity contribution is 6.71. The van der Waals surface area contributed by atoms with Crippen molar-refractivity contribution in [1.29, 1.82) is 0 Å². The highest BCUT2D eigenvalue weighted by Gasteiger charge is 2.29. The minimum Gasteiger partial charge on any atom is -0.410 e. The molecule has 1 atom stereocenters. The molecular weight excluding hydrogens is 132 g/mol. The fraction of sp³-hybridized carbons (Fsp3) is 1.00. The maximum Gasteiger partial charge on any atom is 0.212 e. The minimum absolute atomic E-state index is 0.320. The van der Waals surface area contributed by atoms with Crippen LogP contribution in [0, 0.1) is 0 Å². The predicted octanol–water partition coefficient (Wildman–Crippen LogP) is 1.17. The Bertz CT molecular complexity index is 103. The van der Waals surface area contributed by atoms with Crippen molar-refractivity contribution in [2.45, 2.75) is 26.1 Å². The van der Waals surface area contributed by atoms with Gasteiger partial charge in [0.1, 0.15) is 0 Å². The molecule has 1 fully saturated rings. The van der Waals surface area contributed by atoms with Gasteiger partial charge in [-0.05, 0) is 20.0 Å². The summed E-state index contributed by atoms with van der Waals surface area (Å²) in [4.78, 5) is 0. The largest absolute Gasteiger partial charge is 0.410 e. The Labute approximate surface area is 57.3 Å². The summed E-state index contributed by atoms with van der Waals surface area (Å²) in [6, 6.07) is 0. The van der Waals surface area contributed by atoms with Gasteiger partial charge in [-0.2, -0.15) is 0 Å². The lowest BCUT2D eigenvalue weighted by Crippen LogP contribution is -2.46. The van der Waals surface area contributed by atoms with E-state index >= 15 is 0 Å². The van der Waals surface area contributed by atoms with E-state index < -0.39 is 8.32 Å². The Balaban J connectivity index is 2.41. The molecule has 9 heavy (non-hydrogen) atoms. The molecular formula is C6H14O2Si. The van der Waals surface area contributed by atoms with Crippen molar-refractivity contribution < 1.29 is 9.16 Å². The Morgan fingerprint density at radius 3 is 2.44 bits per heavy atom. The van der Waals surface area contributed by atoms with Crippen LogP contribution < -0.4 is 0 Å². The lowest BCUT2D eigenvalue weighted by Gasteiger charge is -2.32. The molecule has 0 aliphatic carbocycles. The van der Waals surface area contributed by atoms with Crippen molar-refractivity contribution in [1.82, 2.24) is 0 Å². The van der Waals surface area contributed by atoms with Gasteiger partial charge < -0.3 is 9.16 Å². The Kier molecular flexibility index (Phi) is 1.93. The van der Waals surface area contributed by atoms with Crippen LogP contribution in [-0.2, 0) is 9.16 Å². The van der Waals surface area contributed by atoms with E-state index in [2.05, 4.69) is 20.0 Å². The van der Waals surface area contributed by atoms with Crippen LogP contribution in [0.25, 0.3) is 0 Å². The zero-order valence-corrected chi connectivity index (χ0v) is 7.31. The van der Waals surface area contributed by atoms with Crippen molar-refractivity contribution in [3.63, 3.8) is 0 Å². The van der Waals surface area contributed by atoms with Crippen LogP contribution in [-0.4, -0.2) is 27.3 Å². The molecule has 54 valence electrons. The van der Waals surface area contributed by atoms with Gasteiger partial charge in [-0.25, -0.2) is 0 Å². The number of rotatable bonds is 0. The van der Waals surface area contributed by atoms with Gasteiger partial charge in [0.2, 0.25) is 8.32 Å². The molecule has 0 spiro atoms. The van der Waals surface area contributed by atoms with Crippen molar-refractivity contribution in [3.8, 4) is 0 Å². The van der Waals surface area contributed by atoms with Gasteiger partial charge >= 0.3 is 0 Å². The van der Waals surface area contributed by atoms with E-state index in [1.807, 2.05) is 0 Å². The molecule has 3 heteroatoms. The third-order valence-corrected chi connectivity index (χ3v) is 3.26. The molecule has 0 bridgehead atoms. The first-order valence-corrected chi connectivity index (χ1v) is 6.47. The van der Waals surface area contributed by atoms with Crippen LogP contribution in [0.3, 0.4) is 0 Å². The maximum absolute atomic E-state index is 5.69. The first-order valence-electron chi connectivity index (χ1n) is 3.36. The van der Waals surface area contributed by atoms with Crippen LogP contribution >= 0.6 is 0 Å². The molecule has 1 unspecified atom stereocenters. The Morgan fingerprint density at radius 1 is 1.44 bits per heavy atom. The molecule has 0 aromatic carbocycles. The minimum atomic E-state index is -1.38. The van der Waals surface area contributed by atoms with Gasteiger partial charge in [0.15, 0.2) is 0 Å². The van der Waals surface area contributed by atoms with Gasteiger partial charge in [-0.3, -0.25) is 0 Å². The zero-order chi connectivity index (χ0) is 6.91. The van der Waals surface area contributed by atoms with Crippen LogP contribution in [0.5, 0.6) is 0 Å². The zero-order valence-electron chi connectivity index (χ0n) is 6.31. The van der Waals surface area contributed by atoms with E-state index in [9.17, 15) is 0 Å². The lowest BCUT2D eigenvalue weighted by molar-refractivity contribution is 0.0284. The molecule has 1 saturated heterocycles. The highest BCUT2D eigenvalue weighted by atomic mass is 28.4. The second-order valence-corrected chi connectivity index (χ2v) is 7.25. The van der Waals surface area contributed by atoms with Crippen LogP contribution in [0.1, 0.15) is 6.92 Å². The highest BCUT2D eigenvalue weighted by Crippen LogP contribution is 2.13. The molecule has 0 N–H and O–H groups in total. The molecule has 1 heterocycles. The maximum atomic E-state index is 5.69. The number of hydrogen-bond donors (Lipinski definition) is 0. The summed E-state index contributed by atoms with van der Waals surface area (Å²) in [6.45, 7) is 7.20. The van der Waals surface area contributed by atoms with Crippen LogP contribution in [0.4, 0.5) is 0 Å². The Hall–Kier alpha value is 0.137. The standard InChI is InChI=1S/C6H14O2Si/c1-6-4-7-5-9(2,3)8-6/h6H,4-5H2,1-3H3. The normalized spacial score (nSPS) is 34.3. The average molecular weight is 146 g/mol. The van der Waals surface area contributed by atoms with Crippen LogP contribution in [0.2, 0.25) is 13.1 Å². The SMILES string of the molecule is CC1COC[Si](C)(C)O1. The summed E-state index contributed by atoms with van der Waals surface area (Å²) in [6.07, 6.45) is 1.18. The van der Waals surface area contributed by atoms with E-state index in [1.54, 1.807) is 0 Å². The van der Waals surface area contributed by atoms with Gasteiger partial charge in [0, 0.05) is 0 Å². The molecule has 0 radical (unpaired) electrons. The monoisotopic (exact) mass is 146 g/mol. The third-order valence-electron chi connectivity index (χ3n) is 1.32. The van der Waals surface area contributed by atoms with Gasteiger partial charge in [0.25, 0.3) is 0 Å². The summed E-state index contributed by atoms with van der Waals surface area (Å²) in [5, 5.41) is 0. The molecule has 2 nitrogen and oxygen atoms in total. The smallest absolute Gasteiger partial charge is 0.212 e. The van der Waals surface area contributed by atoms with E-state index in [0.29, 0.717) is 6.10 Å². The first-order chi connectivity index (χ1) is 4.10. The third kappa shape index (κ3) is 2.08. The molecule has 0 aromatic heterocycles. The average Bonchev–Trinajstić information content (AvgIpc) is 1.60. The summed E-state index contributed by atoms with van der Waals surface area (Å²) < 4.78 is 11.0. The van der Waals surface area contributed by atoms with Crippen molar-refractivity contribution in [3.05, 3.63) is 0 Å². The quantitative estimate of drug-likeness (QED) is 0.478. The van der Waals surface area contributed by atoms with E-state index in [4.69, 9.17) is 9.16 Å². The molecule has 1 rings (SSSR count). The van der Waals surface area contributed by atoms with Crippen molar-refractivity contribution in [2.75, 3.05) is 12.8 Å². The van der Waals surface area contributed by atoms with Gasteiger partial charge in [-0.15, -0.1) is 0 Å². The molecule has 1 aliphatic rings. The second kappa shape index (κ2) is 2.40. The fourth-order valence-corrected chi connectivity index (χ4v) is 2.92. The van der Waals surface area contributed by atoms with Crippen LogP contribution in [0.15, 0.2) is 0 Å². The molecule has 0 aromatic rings. The number of ether oxygens (including phenoxy) is 1. The summed E-state index contributed by atoms with van der Waals surface area (Å²) in [7, 11) is -1.38. The second-order valence-electron chi connectivity index (χ2n) is 3.20. The Morgan fingerprint density at radius 2 is 2.11 bits per heavy atom. The number of hydrogen-bond acceptors (Lipinski definition) is 2. The predicted molar refractivity (Wildman–Crippen MR) is 38.8 cm³/mol. The van der Waals surface area contributed by atoms with Gasteiger partial charge in [-0.1, -0.05) is 0 Å². The summed E-state index contributed by atoms with van der Waals surface area (Å²) >= 11 is 0. The fourth-order valence-electron chi connectivity index (χ4n) is 1.08. The molecule has 0 saturated carbocycles. The molecule has 1 aliphatic heterocycles. The van der Waals surface area contributed by atoms with Crippen molar-refractivity contribution >= 4 is 8.32 Å². The first kappa shape index (κ1) is 7.25. The van der Waals surface area contributed by atoms with Gasteiger partial charge in [0.05, 0.1) is 18.9 Å². The molecule has 0 amide bonds. The topological polar surface area (TPSA) is 18.5 Å². The van der Waals surface area contributed by atoms with Crippen molar-refractivity contribution in [2.24, 2.45) is 0 Å². The van der Waals surface area contributed by atoms with E-state index in [1.165, 1.54) is 0 Å². The summed E-state index contributed by atoms with van der Waals surface area (Å²) in [5.41, 5.74) is 0. The van der Waals surface area contributed by atoms with E-state index in [-0.39, 0.29) is 0 Å².